The van der Waals surface area contributed by atoms with Gasteiger partial charge in [0.25, 0.3) is 5.91 Å². The summed E-state index contributed by atoms with van der Waals surface area (Å²) in [6, 6.07) is 11.1. The number of hydrogen-bond donors (Lipinski definition) is 1. The third kappa shape index (κ3) is 4.23. The van der Waals surface area contributed by atoms with Gasteiger partial charge in [-0.1, -0.05) is 24.3 Å². The fraction of sp³-hybridized carbons (Fsp3) is 0.407. The van der Waals surface area contributed by atoms with Crippen LogP contribution < -0.4 is 5.32 Å². The van der Waals surface area contributed by atoms with Crippen LogP contribution in [0.3, 0.4) is 0 Å². The van der Waals surface area contributed by atoms with Gasteiger partial charge in [-0.05, 0) is 50.8 Å². The first-order chi connectivity index (χ1) is 17.0. The average Bonchev–Trinajstić information content (AvgIpc) is 3.50. The van der Waals surface area contributed by atoms with E-state index in [1.165, 1.54) is 5.69 Å². The van der Waals surface area contributed by atoms with Gasteiger partial charge < -0.3 is 5.32 Å². The van der Waals surface area contributed by atoms with Crippen LogP contribution in [0.15, 0.2) is 42.7 Å². The number of hydrogen-bond acceptors (Lipinski definition) is 5. The Morgan fingerprint density at radius 3 is 2.71 bits per heavy atom. The summed E-state index contributed by atoms with van der Waals surface area (Å²) in [4.78, 5) is 24.8. The average molecular weight is 470 g/mol. The maximum atomic E-state index is 13.2. The number of benzene rings is 1. The molecule has 8 heteroatoms. The van der Waals surface area contributed by atoms with Gasteiger partial charge in [0.2, 0.25) is 5.78 Å². The van der Waals surface area contributed by atoms with Crippen molar-refractivity contribution in [2.45, 2.75) is 65.2 Å². The first kappa shape index (κ1) is 22.0. The summed E-state index contributed by atoms with van der Waals surface area (Å²) < 4.78 is 3.97. The molecule has 1 N–H and O–H groups in total. The molecule has 4 heterocycles. The van der Waals surface area contributed by atoms with E-state index >= 15 is 0 Å². The number of aromatic nitrogens is 5. The number of carbonyl (C=O) groups excluding carboxylic acids is 1. The van der Waals surface area contributed by atoms with Crippen LogP contribution in [0.25, 0.3) is 17.0 Å². The van der Waals surface area contributed by atoms with Gasteiger partial charge in [0.15, 0.2) is 0 Å². The number of nitrogens with one attached hydrogen (secondary N) is 1. The van der Waals surface area contributed by atoms with Gasteiger partial charge in [0.05, 0.1) is 23.6 Å². The number of amides is 1. The minimum absolute atomic E-state index is 0.104. The van der Waals surface area contributed by atoms with E-state index in [0.29, 0.717) is 30.0 Å². The molecule has 0 atom stereocenters. The van der Waals surface area contributed by atoms with Gasteiger partial charge in [-0.25, -0.2) is 9.97 Å². The zero-order valence-corrected chi connectivity index (χ0v) is 20.5. The Bertz CT molecular complexity index is 1400. The third-order valence-corrected chi connectivity index (χ3v) is 7.08. The lowest BCUT2D eigenvalue weighted by atomic mass is 10.1. The molecule has 1 aliphatic carbocycles. The standard InChI is InChI=1S/C27H31N7O/c1-17(2)32-10-11-34-22(16-32)12-23(31-34)20-6-4-19(5-7-20)14-28-26(35)25-24(21-8-9-21)30-27-29-13-18(3)15-33(25)27/h4-7,12-13,15,17,21H,8-11,14,16H2,1-3H3,(H,28,35). The molecule has 2 aliphatic rings. The van der Waals surface area contributed by atoms with E-state index < -0.39 is 0 Å². The smallest absolute Gasteiger partial charge is 0.270 e. The zero-order valence-electron chi connectivity index (χ0n) is 20.5. The number of aryl methyl sites for hydroxylation is 1. The summed E-state index contributed by atoms with van der Waals surface area (Å²) in [5, 5.41) is 7.92. The van der Waals surface area contributed by atoms with Crippen LogP contribution in [0.2, 0.25) is 0 Å². The van der Waals surface area contributed by atoms with Gasteiger partial charge in [-0.15, -0.1) is 0 Å². The predicted octanol–water partition coefficient (Wildman–Crippen LogP) is 3.93. The zero-order chi connectivity index (χ0) is 24.1. The number of imidazole rings is 1. The lowest BCUT2D eigenvalue weighted by Crippen LogP contribution is -2.38. The Labute approximate surface area is 205 Å². The van der Waals surface area contributed by atoms with Crippen molar-refractivity contribution >= 4 is 11.7 Å². The van der Waals surface area contributed by atoms with Crippen LogP contribution in [0, 0.1) is 6.92 Å². The number of nitrogens with zero attached hydrogens (tertiary/aromatic N) is 6. The van der Waals surface area contributed by atoms with E-state index in [1.54, 1.807) is 6.20 Å². The monoisotopic (exact) mass is 469 g/mol. The maximum Gasteiger partial charge on any atom is 0.270 e. The fourth-order valence-electron chi connectivity index (χ4n) is 4.84. The summed E-state index contributed by atoms with van der Waals surface area (Å²) in [5.41, 5.74) is 6.90. The van der Waals surface area contributed by atoms with Gasteiger partial charge in [-0.2, -0.15) is 5.10 Å². The molecular formula is C27H31N7O. The van der Waals surface area contributed by atoms with Crippen LogP contribution in [-0.2, 0) is 19.6 Å². The number of rotatable bonds is 6. The highest BCUT2D eigenvalue weighted by molar-refractivity contribution is 5.94. The van der Waals surface area contributed by atoms with E-state index in [4.69, 9.17) is 5.10 Å². The lowest BCUT2D eigenvalue weighted by molar-refractivity contribution is 0.0944. The SMILES string of the molecule is Cc1cnc2nc(C3CC3)c(C(=O)NCc3ccc(-c4cc5n(n4)CCN(C(C)C)C5)cc3)n2c1. The van der Waals surface area contributed by atoms with E-state index in [1.807, 2.05) is 17.5 Å². The van der Waals surface area contributed by atoms with Crippen LogP contribution in [0.1, 0.15) is 65.6 Å². The van der Waals surface area contributed by atoms with E-state index in [0.717, 1.165) is 60.6 Å². The Morgan fingerprint density at radius 2 is 1.97 bits per heavy atom. The van der Waals surface area contributed by atoms with Crippen molar-refractivity contribution in [3.05, 3.63) is 70.9 Å². The van der Waals surface area contributed by atoms with Crippen LogP contribution in [0.4, 0.5) is 0 Å². The first-order valence-corrected chi connectivity index (χ1v) is 12.5. The predicted molar refractivity (Wildman–Crippen MR) is 134 cm³/mol. The van der Waals surface area contributed by atoms with Crippen LogP contribution >= 0.6 is 0 Å². The second-order valence-electron chi connectivity index (χ2n) is 10.1. The van der Waals surface area contributed by atoms with Crippen molar-refractivity contribution < 1.29 is 4.79 Å². The largest absolute Gasteiger partial charge is 0.347 e. The van der Waals surface area contributed by atoms with Gasteiger partial charge in [-0.3, -0.25) is 18.8 Å². The molecule has 0 saturated heterocycles. The Morgan fingerprint density at radius 1 is 1.17 bits per heavy atom. The highest BCUT2D eigenvalue weighted by atomic mass is 16.2. The summed E-state index contributed by atoms with van der Waals surface area (Å²) in [6.45, 7) is 9.82. The topological polar surface area (TPSA) is 80.3 Å². The molecule has 6 rings (SSSR count). The molecule has 1 fully saturated rings. The molecular weight excluding hydrogens is 438 g/mol. The maximum absolute atomic E-state index is 13.2. The van der Waals surface area contributed by atoms with Crippen molar-refractivity contribution in [3.63, 3.8) is 0 Å². The van der Waals surface area contributed by atoms with Gasteiger partial charge >= 0.3 is 0 Å². The second-order valence-corrected chi connectivity index (χ2v) is 10.1. The van der Waals surface area contributed by atoms with Gasteiger partial charge in [0, 0.05) is 49.6 Å². The van der Waals surface area contributed by atoms with E-state index in [2.05, 4.69) is 69.0 Å². The molecule has 0 spiro atoms. The Balaban J connectivity index is 1.16. The molecule has 1 aliphatic heterocycles. The number of fused-ring (bicyclic) bond motifs is 2. The van der Waals surface area contributed by atoms with Crippen molar-refractivity contribution in [2.75, 3.05) is 6.54 Å². The summed E-state index contributed by atoms with van der Waals surface area (Å²) in [7, 11) is 0. The minimum atomic E-state index is -0.104. The Kier molecular flexibility index (Phi) is 5.40. The molecule has 8 nitrogen and oxygen atoms in total. The summed E-state index contributed by atoms with van der Waals surface area (Å²) in [6.07, 6.45) is 5.89. The lowest BCUT2D eigenvalue weighted by Gasteiger charge is -2.30. The molecule has 4 aromatic rings. The van der Waals surface area contributed by atoms with Crippen molar-refractivity contribution in [1.29, 1.82) is 0 Å². The summed E-state index contributed by atoms with van der Waals surface area (Å²) >= 11 is 0. The summed E-state index contributed by atoms with van der Waals surface area (Å²) in [5.74, 6) is 0.851. The quantitative estimate of drug-likeness (QED) is 0.463. The first-order valence-electron chi connectivity index (χ1n) is 12.5. The highest BCUT2D eigenvalue weighted by Gasteiger charge is 2.33. The molecule has 3 aromatic heterocycles. The fourth-order valence-corrected chi connectivity index (χ4v) is 4.84. The minimum Gasteiger partial charge on any atom is -0.347 e. The van der Waals surface area contributed by atoms with Crippen LogP contribution in [0.5, 0.6) is 0 Å². The molecule has 0 bridgehead atoms. The number of carbonyl (C=O) groups is 1. The molecule has 1 saturated carbocycles. The molecule has 1 amide bonds. The third-order valence-electron chi connectivity index (χ3n) is 7.08. The van der Waals surface area contributed by atoms with Crippen LogP contribution in [-0.4, -0.2) is 47.5 Å². The molecule has 35 heavy (non-hydrogen) atoms. The van der Waals surface area contributed by atoms with Gasteiger partial charge in [0.1, 0.15) is 5.69 Å². The van der Waals surface area contributed by atoms with E-state index in [9.17, 15) is 4.79 Å². The Hall–Kier alpha value is -3.52. The van der Waals surface area contributed by atoms with Crippen molar-refractivity contribution in [2.24, 2.45) is 0 Å². The van der Waals surface area contributed by atoms with Crippen molar-refractivity contribution in [3.8, 4) is 11.3 Å². The molecule has 1 aromatic carbocycles. The molecule has 0 unspecified atom stereocenters. The van der Waals surface area contributed by atoms with E-state index in [-0.39, 0.29) is 5.91 Å². The normalized spacial score (nSPS) is 16.1. The highest BCUT2D eigenvalue weighted by Crippen LogP contribution is 2.41. The molecule has 180 valence electrons. The van der Waals surface area contributed by atoms with Crippen molar-refractivity contribution in [1.82, 2.24) is 34.4 Å². The molecule has 0 radical (unpaired) electrons. The second kappa shape index (κ2) is 8.61.